The summed E-state index contributed by atoms with van der Waals surface area (Å²) in [5.41, 5.74) is 3.72. The van der Waals surface area contributed by atoms with E-state index in [1.165, 1.54) is 16.0 Å². The van der Waals surface area contributed by atoms with Gasteiger partial charge in [0.2, 0.25) is 11.8 Å². The summed E-state index contributed by atoms with van der Waals surface area (Å²) in [4.78, 5) is 39.9. The van der Waals surface area contributed by atoms with Crippen LogP contribution < -0.4 is 9.47 Å². The minimum absolute atomic E-state index is 0.0711. The van der Waals surface area contributed by atoms with Gasteiger partial charge in [0.25, 0.3) is 0 Å². The molecule has 0 bridgehead atoms. The van der Waals surface area contributed by atoms with Crippen LogP contribution in [0.2, 0.25) is 5.02 Å². The van der Waals surface area contributed by atoms with Gasteiger partial charge in [-0.1, -0.05) is 23.7 Å². The average Bonchev–Trinajstić information content (AvgIpc) is 3.61. The number of ether oxygens (including phenoxy) is 2. The summed E-state index contributed by atoms with van der Waals surface area (Å²) >= 11 is 6.30. The third kappa shape index (κ3) is 5.82. The van der Waals surface area contributed by atoms with Crippen molar-refractivity contribution >= 4 is 29.4 Å². The van der Waals surface area contributed by atoms with Gasteiger partial charge in [0, 0.05) is 24.2 Å². The van der Waals surface area contributed by atoms with Crippen LogP contribution >= 0.6 is 11.6 Å². The molecule has 2 aromatic rings. The van der Waals surface area contributed by atoms with Gasteiger partial charge in [-0.25, -0.2) is 0 Å². The number of amides is 2. The first kappa shape index (κ1) is 28.0. The van der Waals surface area contributed by atoms with Gasteiger partial charge in [-0.2, -0.15) is 0 Å². The van der Waals surface area contributed by atoms with E-state index < -0.39 is 5.97 Å². The topological polar surface area (TPSA) is 96.4 Å². The second kappa shape index (κ2) is 11.6. The molecule has 1 saturated heterocycles. The number of carbonyl (C=O) groups excluding carboxylic acids is 2. The highest BCUT2D eigenvalue weighted by Crippen LogP contribution is 2.47. The lowest BCUT2D eigenvalue weighted by Gasteiger charge is -2.35. The third-order valence-electron chi connectivity index (χ3n) is 9.42. The molecule has 4 aliphatic rings. The van der Waals surface area contributed by atoms with E-state index in [0.29, 0.717) is 23.8 Å². The maximum Gasteiger partial charge on any atom is 0.306 e. The maximum absolute atomic E-state index is 12.2. The largest absolute Gasteiger partial charge is 0.493 e. The normalized spacial score (nSPS) is 26.7. The van der Waals surface area contributed by atoms with Crippen molar-refractivity contribution in [1.29, 1.82) is 0 Å². The number of methoxy groups -OCH3 is 1. The van der Waals surface area contributed by atoms with Crippen molar-refractivity contribution in [3.63, 3.8) is 0 Å². The Morgan fingerprint density at radius 2 is 1.78 bits per heavy atom. The summed E-state index contributed by atoms with van der Waals surface area (Å²) in [6.45, 7) is 2.10. The van der Waals surface area contributed by atoms with Crippen molar-refractivity contribution in [2.45, 2.75) is 57.5 Å². The van der Waals surface area contributed by atoms with E-state index in [4.69, 9.17) is 21.1 Å². The fourth-order valence-corrected chi connectivity index (χ4v) is 7.24. The summed E-state index contributed by atoms with van der Waals surface area (Å²) in [5.74, 6) is 0.408. The molecular formula is C32H37ClN2O6. The minimum atomic E-state index is -0.674. The monoisotopic (exact) mass is 580 g/mol. The molecule has 0 spiro atoms. The van der Waals surface area contributed by atoms with Gasteiger partial charge >= 0.3 is 5.97 Å². The molecular weight excluding hydrogens is 544 g/mol. The third-order valence-corrected chi connectivity index (χ3v) is 9.66. The molecule has 8 nitrogen and oxygen atoms in total. The van der Waals surface area contributed by atoms with Crippen LogP contribution in [0.1, 0.15) is 61.3 Å². The summed E-state index contributed by atoms with van der Waals surface area (Å²) in [7, 11) is 1.61. The summed E-state index contributed by atoms with van der Waals surface area (Å²) in [6, 6.07) is 12.4. The molecule has 41 heavy (non-hydrogen) atoms. The van der Waals surface area contributed by atoms with Crippen molar-refractivity contribution in [3.05, 3.63) is 58.1 Å². The lowest BCUT2D eigenvalue weighted by atomic mass is 9.81. The fraction of sp³-hybridized carbons (Fsp3) is 0.531. The summed E-state index contributed by atoms with van der Waals surface area (Å²) in [5, 5.41) is 10.2. The molecule has 1 heterocycles. The van der Waals surface area contributed by atoms with Gasteiger partial charge in [-0.3, -0.25) is 24.2 Å². The molecule has 2 aromatic carbocycles. The second-order valence-electron chi connectivity index (χ2n) is 12.0. The number of piperidine rings is 1. The Labute approximate surface area is 245 Å². The Morgan fingerprint density at radius 1 is 1.02 bits per heavy atom. The number of aryl methyl sites for hydroxylation is 1. The van der Waals surface area contributed by atoms with Crippen LogP contribution in [-0.4, -0.2) is 59.5 Å². The first-order valence-electron chi connectivity index (χ1n) is 14.7. The molecule has 2 unspecified atom stereocenters. The van der Waals surface area contributed by atoms with E-state index in [-0.39, 0.29) is 48.8 Å². The van der Waals surface area contributed by atoms with Crippen LogP contribution in [0.4, 0.5) is 0 Å². The first-order valence-corrected chi connectivity index (χ1v) is 15.1. The van der Waals surface area contributed by atoms with E-state index in [1.807, 2.05) is 24.3 Å². The van der Waals surface area contributed by atoms with E-state index in [1.54, 1.807) is 7.11 Å². The number of carboxylic acids is 1. The second-order valence-corrected chi connectivity index (χ2v) is 12.4. The number of likely N-dealkylation sites (tertiary alicyclic amines) is 1. The molecule has 1 aliphatic heterocycles. The van der Waals surface area contributed by atoms with Crippen LogP contribution in [0.25, 0.3) is 0 Å². The van der Waals surface area contributed by atoms with Crippen molar-refractivity contribution < 1.29 is 29.0 Å². The lowest BCUT2D eigenvalue weighted by Crippen LogP contribution is -2.36. The van der Waals surface area contributed by atoms with Crippen molar-refractivity contribution in [3.8, 4) is 11.5 Å². The van der Waals surface area contributed by atoms with Gasteiger partial charge < -0.3 is 14.6 Å². The van der Waals surface area contributed by atoms with Crippen LogP contribution in [0.5, 0.6) is 11.5 Å². The molecule has 9 heteroatoms. The Balaban J connectivity index is 1.14. The highest BCUT2D eigenvalue weighted by Gasteiger charge is 2.58. The lowest BCUT2D eigenvalue weighted by molar-refractivity contribution is -0.143. The van der Waals surface area contributed by atoms with Crippen LogP contribution in [0.3, 0.4) is 0 Å². The SMILES string of the molecule is COc1cc(CN(CC2CCC(C(=O)O)CC2)[C@H]2CCc3cc(Cl)ccc32)ccc1OCCN1C(=O)C2CC2C1=O. The number of nitrogens with zero attached hydrogens (tertiary/aromatic N) is 2. The number of fused-ring (bicyclic) bond motifs is 2. The molecule has 0 radical (unpaired) electrons. The fourth-order valence-electron chi connectivity index (χ4n) is 7.05. The van der Waals surface area contributed by atoms with Crippen molar-refractivity contribution in [1.82, 2.24) is 9.80 Å². The Hall–Kier alpha value is -3.10. The summed E-state index contributed by atoms with van der Waals surface area (Å²) in [6.07, 6.45) is 6.03. The number of carbonyl (C=O) groups is 3. The molecule has 0 aromatic heterocycles. The average molecular weight is 581 g/mol. The maximum atomic E-state index is 12.2. The Kier molecular flexibility index (Phi) is 7.97. The number of aliphatic carboxylic acids is 1. The number of rotatable bonds is 11. The molecule has 3 fully saturated rings. The number of carboxylic acid groups (broad SMARTS) is 1. The quantitative estimate of drug-likeness (QED) is 0.369. The predicted octanol–water partition coefficient (Wildman–Crippen LogP) is 5.11. The molecule has 2 amide bonds. The highest BCUT2D eigenvalue weighted by molar-refractivity contribution is 6.30. The number of imide groups is 1. The van der Waals surface area contributed by atoms with Gasteiger partial charge in [-0.15, -0.1) is 0 Å². The molecule has 218 valence electrons. The van der Waals surface area contributed by atoms with E-state index in [2.05, 4.69) is 17.0 Å². The minimum Gasteiger partial charge on any atom is -0.493 e. The van der Waals surface area contributed by atoms with Gasteiger partial charge in [-0.05, 0) is 91.8 Å². The summed E-state index contributed by atoms with van der Waals surface area (Å²) < 4.78 is 11.6. The zero-order valence-electron chi connectivity index (χ0n) is 23.4. The Morgan fingerprint density at radius 3 is 2.49 bits per heavy atom. The van der Waals surface area contributed by atoms with Crippen molar-refractivity contribution in [2.75, 3.05) is 26.8 Å². The molecule has 3 atom stereocenters. The highest BCUT2D eigenvalue weighted by atomic mass is 35.5. The first-order chi connectivity index (χ1) is 19.8. The van der Waals surface area contributed by atoms with Gasteiger partial charge in [0.1, 0.15) is 6.61 Å². The smallest absolute Gasteiger partial charge is 0.306 e. The molecule has 3 aliphatic carbocycles. The van der Waals surface area contributed by atoms with Crippen LogP contribution in [0.15, 0.2) is 36.4 Å². The number of benzene rings is 2. The molecule has 1 N–H and O–H groups in total. The van der Waals surface area contributed by atoms with Gasteiger partial charge in [0.15, 0.2) is 11.5 Å². The zero-order chi connectivity index (χ0) is 28.7. The molecule has 2 saturated carbocycles. The zero-order valence-corrected chi connectivity index (χ0v) is 24.1. The number of hydrogen-bond acceptors (Lipinski definition) is 6. The number of hydrogen-bond donors (Lipinski definition) is 1. The van der Waals surface area contributed by atoms with E-state index >= 15 is 0 Å². The Bertz CT molecular complexity index is 1320. The van der Waals surface area contributed by atoms with Crippen LogP contribution in [-0.2, 0) is 27.3 Å². The molecule has 6 rings (SSSR count). The standard InChI is InChI=1S/C32H37ClN2O6/c1-40-29-14-20(4-11-28(29)41-13-12-35-30(36)25-16-26(25)31(35)37)18-34(17-19-2-5-21(6-3-19)32(38)39)27-10-7-22-15-23(33)8-9-24(22)27/h4,8-9,11,14-15,19,21,25-27H,2-3,5-7,10,12-13,16-18H2,1H3,(H,38,39)/t19?,21?,25?,26?,27-/m0/s1. The van der Waals surface area contributed by atoms with E-state index in [0.717, 1.165) is 62.2 Å². The van der Waals surface area contributed by atoms with Gasteiger partial charge in [0.05, 0.1) is 31.4 Å². The predicted molar refractivity (Wildman–Crippen MR) is 153 cm³/mol. The van der Waals surface area contributed by atoms with E-state index in [9.17, 15) is 19.5 Å². The number of halogens is 1. The van der Waals surface area contributed by atoms with Crippen LogP contribution in [0, 0.1) is 23.7 Å². The van der Waals surface area contributed by atoms with Crippen molar-refractivity contribution in [2.24, 2.45) is 23.7 Å².